The molecule has 1 aromatic rings. The first kappa shape index (κ1) is 13.4. The predicted octanol–water partition coefficient (Wildman–Crippen LogP) is 1.17. The monoisotopic (exact) mass is 236 g/mol. The minimum Gasteiger partial charge on any atom is -0.384 e. The van der Waals surface area contributed by atoms with Crippen LogP contribution >= 0.6 is 0 Å². The SMILES string of the molecule is CN(C)NC(=O)c1cc(N)nc(C(C)(C)C)c1. The van der Waals surface area contributed by atoms with Gasteiger partial charge in [0.25, 0.3) is 5.91 Å². The van der Waals surface area contributed by atoms with Gasteiger partial charge >= 0.3 is 0 Å². The van der Waals surface area contributed by atoms with E-state index in [0.717, 1.165) is 5.69 Å². The molecule has 5 heteroatoms. The zero-order valence-electron chi connectivity index (χ0n) is 11.0. The van der Waals surface area contributed by atoms with E-state index in [9.17, 15) is 4.79 Å². The zero-order chi connectivity index (χ0) is 13.2. The number of carbonyl (C=O) groups excluding carboxylic acids is 1. The average Bonchev–Trinajstić information content (AvgIpc) is 2.14. The molecule has 0 aliphatic rings. The number of pyridine rings is 1. The number of nitrogens with one attached hydrogen (secondary N) is 1. The second-order valence-electron chi connectivity index (χ2n) is 5.25. The van der Waals surface area contributed by atoms with Crippen molar-refractivity contribution in [1.29, 1.82) is 0 Å². The second kappa shape index (κ2) is 4.71. The van der Waals surface area contributed by atoms with E-state index in [4.69, 9.17) is 5.73 Å². The first-order valence-electron chi connectivity index (χ1n) is 5.46. The molecular formula is C12H20N4O. The number of carbonyl (C=O) groups is 1. The van der Waals surface area contributed by atoms with Crippen molar-refractivity contribution >= 4 is 11.7 Å². The van der Waals surface area contributed by atoms with Crippen LogP contribution in [0.25, 0.3) is 0 Å². The summed E-state index contributed by atoms with van der Waals surface area (Å²) in [5.41, 5.74) is 9.59. The molecule has 0 aliphatic heterocycles. The lowest BCUT2D eigenvalue weighted by atomic mass is 9.90. The van der Waals surface area contributed by atoms with Gasteiger partial charge in [0.15, 0.2) is 0 Å². The quantitative estimate of drug-likeness (QED) is 0.756. The van der Waals surface area contributed by atoms with Crippen LogP contribution < -0.4 is 11.2 Å². The van der Waals surface area contributed by atoms with Crippen LogP contribution in [0.5, 0.6) is 0 Å². The van der Waals surface area contributed by atoms with Gasteiger partial charge in [-0.3, -0.25) is 10.2 Å². The number of rotatable bonds is 2. The van der Waals surface area contributed by atoms with Crippen molar-refractivity contribution in [3.8, 4) is 0 Å². The number of nitrogen functional groups attached to an aromatic ring is 1. The number of nitrogens with zero attached hydrogens (tertiary/aromatic N) is 2. The van der Waals surface area contributed by atoms with Crippen molar-refractivity contribution < 1.29 is 4.79 Å². The summed E-state index contributed by atoms with van der Waals surface area (Å²) in [6.07, 6.45) is 0. The molecule has 3 N–H and O–H groups in total. The van der Waals surface area contributed by atoms with Gasteiger partial charge in [-0.25, -0.2) is 9.99 Å². The highest BCUT2D eigenvalue weighted by Gasteiger charge is 2.18. The van der Waals surface area contributed by atoms with E-state index < -0.39 is 0 Å². The normalized spacial score (nSPS) is 11.6. The Kier molecular flexibility index (Phi) is 3.72. The highest BCUT2D eigenvalue weighted by atomic mass is 16.2. The lowest BCUT2D eigenvalue weighted by Crippen LogP contribution is -2.36. The Morgan fingerprint density at radius 1 is 1.35 bits per heavy atom. The minimum absolute atomic E-state index is 0.136. The largest absolute Gasteiger partial charge is 0.384 e. The molecule has 0 fully saturated rings. The molecule has 1 heterocycles. The summed E-state index contributed by atoms with van der Waals surface area (Å²) < 4.78 is 0. The van der Waals surface area contributed by atoms with Gasteiger partial charge in [0.05, 0.1) is 0 Å². The molecule has 17 heavy (non-hydrogen) atoms. The molecule has 0 radical (unpaired) electrons. The maximum absolute atomic E-state index is 11.9. The number of hydrogen-bond acceptors (Lipinski definition) is 4. The molecule has 0 unspecified atom stereocenters. The Hall–Kier alpha value is -1.62. The average molecular weight is 236 g/mol. The Labute approximate surface area is 102 Å². The van der Waals surface area contributed by atoms with Gasteiger partial charge in [0.2, 0.25) is 0 Å². The number of hydrogen-bond donors (Lipinski definition) is 2. The van der Waals surface area contributed by atoms with E-state index >= 15 is 0 Å². The fraction of sp³-hybridized carbons (Fsp3) is 0.500. The van der Waals surface area contributed by atoms with E-state index in [2.05, 4.69) is 10.4 Å². The number of nitrogens with two attached hydrogens (primary N) is 1. The maximum Gasteiger partial charge on any atom is 0.265 e. The third-order valence-corrected chi connectivity index (χ3v) is 2.20. The summed E-state index contributed by atoms with van der Waals surface area (Å²) in [7, 11) is 3.51. The molecule has 1 aromatic heterocycles. The van der Waals surface area contributed by atoms with Crippen LogP contribution in [0.1, 0.15) is 36.8 Å². The van der Waals surface area contributed by atoms with E-state index in [1.165, 1.54) is 0 Å². The maximum atomic E-state index is 11.9. The third-order valence-electron chi connectivity index (χ3n) is 2.20. The van der Waals surface area contributed by atoms with Gasteiger partial charge in [-0.15, -0.1) is 0 Å². The van der Waals surface area contributed by atoms with Crippen molar-refractivity contribution in [3.05, 3.63) is 23.4 Å². The molecule has 5 nitrogen and oxygen atoms in total. The van der Waals surface area contributed by atoms with Crippen molar-refractivity contribution in [1.82, 2.24) is 15.4 Å². The molecule has 0 spiro atoms. The summed E-state index contributed by atoms with van der Waals surface area (Å²) in [6.45, 7) is 6.09. The molecule has 94 valence electrons. The third kappa shape index (κ3) is 3.71. The molecule has 0 atom stereocenters. The fourth-order valence-corrected chi connectivity index (χ4v) is 1.33. The molecule has 0 aromatic carbocycles. The van der Waals surface area contributed by atoms with Crippen LogP contribution in [0.4, 0.5) is 5.82 Å². The van der Waals surface area contributed by atoms with Gasteiger partial charge in [-0.1, -0.05) is 20.8 Å². The highest BCUT2D eigenvalue weighted by molar-refractivity contribution is 5.94. The topological polar surface area (TPSA) is 71.2 Å². The smallest absolute Gasteiger partial charge is 0.265 e. The summed E-state index contributed by atoms with van der Waals surface area (Å²) in [5.74, 6) is 0.177. The van der Waals surface area contributed by atoms with Crippen LogP contribution in [0, 0.1) is 0 Å². The van der Waals surface area contributed by atoms with E-state index in [0.29, 0.717) is 11.4 Å². The predicted molar refractivity (Wildman–Crippen MR) is 68.5 cm³/mol. The molecular weight excluding hydrogens is 216 g/mol. The number of aromatic nitrogens is 1. The molecule has 0 saturated heterocycles. The van der Waals surface area contributed by atoms with Crippen LogP contribution in [0.3, 0.4) is 0 Å². The Morgan fingerprint density at radius 2 is 1.94 bits per heavy atom. The number of hydrazine groups is 1. The van der Waals surface area contributed by atoms with Gasteiger partial charge in [-0.05, 0) is 12.1 Å². The highest BCUT2D eigenvalue weighted by Crippen LogP contribution is 2.22. The first-order valence-corrected chi connectivity index (χ1v) is 5.46. The number of anilines is 1. The molecule has 0 saturated carbocycles. The van der Waals surface area contributed by atoms with Gasteiger partial charge in [0.1, 0.15) is 5.82 Å². The van der Waals surface area contributed by atoms with E-state index in [-0.39, 0.29) is 11.3 Å². The van der Waals surface area contributed by atoms with Crippen molar-refractivity contribution in [2.45, 2.75) is 26.2 Å². The van der Waals surface area contributed by atoms with E-state index in [1.54, 1.807) is 31.2 Å². The standard InChI is InChI=1S/C12H20N4O/c1-12(2,3)9-6-8(7-10(13)14-9)11(17)15-16(4)5/h6-7H,1-5H3,(H2,13,14)(H,15,17). The first-order chi connectivity index (χ1) is 7.70. The summed E-state index contributed by atoms with van der Waals surface area (Å²) in [6, 6.07) is 3.35. The van der Waals surface area contributed by atoms with Crippen molar-refractivity contribution in [2.75, 3.05) is 19.8 Å². The van der Waals surface area contributed by atoms with Crippen LogP contribution in [-0.2, 0) is 5.41 Å². The fourth-order valence-electron chi connectivity index (χ4n) is 1.33. The van der Waals surface area contributed by atoms with Crippen molar-refractivity contribution in [3.63, 3.8) is 0 Å². The lowest BCUT2D eigenvalue weighted by Gasteiger charge is -2.19. The minimum atomic E-state index is -0.186. The van der Waals surface area contributed by atoms with Crippen LogP contribution in [0.15, 0.2) is 12.1 Å². The van der Waals surface area contributed by atoms with Gasteiger partial charge in [-0.2, -0.15) is 0 Å². The van der Waals surface area contributed by atoms with Gasteiger partial charge < -0.3 is 5.73 Å². The molecule has 0 bridgehead atoms. The zero-order valence-corrected chi connectivity index (χ0v) is 11.0. The van der Waals surface area contributed by atoms with Crippen LogP contribution in [-0.4, -0.2) is 30.0 Å². The Morgan fingerprint density at radius 3 is 2.41 bits per heavy atom. The van der Waals surface area contributed by atoms with Gasteiger partial charge in [0, 0.05) is 30.8 Å². The van der Waals surface area contributed by atoms with E-state index in [1.807, 2.05) is 20.8 Å². The Balaban J connectivity index is 3.10. The Bertz CT molecular complexity index is 421. The summed E-state index contributed by atoms with van der Waals surface area (Å²) in [4.78, 5) is 16.1. The number of amides is 1. The summed E-state index contributed by atoms with van der Waals surface area (Å²) in [5, 5.41) is 1.59. The second-order valence-corrected chi connectivity index (χ2v) is 5.25. The lowest BCUT2D eigenvalue weighted by molar-refractivity contribution is 0.0856. The molecule has 1 amide bonds. The van der Waals surface area contributed by atoms with Crippen LogP contribution in [0.2, 0.25) is 0 Å². The summed E-state index contributed by atoms with van der Waals surface area (Å²) >= 11 is 0. The van der Waals surface area contributed by atoms with Crippen molar-refractivity contribution in [2.24, 2.45) is 0 Å². The molecule has 1 rings (SSSR count). The molecule has 0 aliphatic carbocycles.